The molecule has 28 heavy (non-hydrogen) atoms. The monoisotopic (exact) mass is 382 g/mol. The summed E-state index contributed by atoms with van der Waals surface area (Å²) in [5, 5.41) is 19.4. The minimum absolute atomic E-state index is 0.315. The molecule has 0 saturated carbocycles. The van der Waals surface area contributed by atoms with Crippen LogP contribution < -0.4 is 20.3 Å². The lowest BCUT2D eigenvalue weighted by molar-refractivity contribution is 0.102. The van der Waals surface area contributed by atoms with Gasteiger partial charge in [-0.25, -0.2) is 9.67 Å². The number of amides is 1. The van der Waals surface area contributed by atoms with E-state index in [9.17, 15) is 4.79 Å². The van der Waals surface area contributed by atoms with Gasteiger partial charge >= 0.3 is 0 Å². The largest absolute Gasteiger partial charge is 0.478 e. The maximum atomic E-state index is 12.6. The Morgan fingerprint density at radius 3 is 2.82 bits per heavy atom. The number of piperazine rings is 1. The van der Waals surface area contributed by atoms with E-state index in [4.69, 9.17) is 4.74 Å². The van der Waals surface area contributed by atoms with Crippen molar-refractivity contribution in [2.24, 2.45) is 7.05 Å². The quantitative estimate of drug-likeness (QED) is 0.667. The molecule has 2 N–H and O–H groups in total. The summed E-state index contributed by atoms with van der Waals surface area (Å²) < 4.78 is 7.23. The molecule has 0 atom stereocenters. The Bertz CT molecular complexity index is 979. The van der Waals surface area contributed by atoms with Gasteiger partial charge in [0.1, 0.15) is 0 Å². The molecule has 10 heteroatoms. The van der Waals surface area contributed by atoms with E-state index >= 15 is 0 Å². The topological polar surface area (TPSA) is 110 Å². The highest BCUT2D eigenvalue weighted by Gasteiger charge is 2.16. The number of anilines is 2. The van der Waals surface area contributed by atoms with Crippen molar-refractivity contribution in [1.82, 2.24) is 30.3 Å². The second-order valence-electron chi connectivity index (χ2n) is 6.42. The van der Waals surface area contributed by atoms with Gasteiger partial charge in [0.15, 0.2) is 17.3 Å². The third-order valence-electron chi connectivity index (χ3n) is 4.51. The molecule has 1 fully saturated rings. The average Bonchev–Trinajstić information content (AvgIpc) is 3.04. The summed E-state index contributed by atoms with van der Waals surface area (Å²) >= 11 is 0. The van der Waals surface area contributed by atoms with Crippen molar-refractivity contribution in [3.05, 3.63) is 30.0 Å². The number of nitrogens with one attached hydrogen (secondary N) is 2. The smallest absolute Gasteiger partial charge is 0.258 e. The van der Waals surface area contributed by atoms with Gasteiger partial charge in [-0.3, -0.25) is 4.79 Å². The molecule has 0 aromatic carbocycles. The summed E-state index contributed by atoms with van der Waals surface area (Å²) in [7, 11) is 1.78. The molecule has 10 nitrogen and oxygen atoms in total. The molecular weight excluding hydrogens is 360 g/mol. The van der Waals surface area contributed by atoms with Crippen LogP contribution >= 0.6 is 0 Å². The summed E-state index contributed by atoms with van der Waals surface area (Å²) in [4.78, 5) is 19.0. The van der Waals surface area contributed by atoms with Gasteiger partial charge in [-0.2, -0.15) is 0 Å². The zero-order chi connectivity index (χ0) is 19.5. The fourth-order valence-corrected chi connectivity index (χ4v) is 3.13. The molecule has 0 unspecified atom stereocenters. The van der Waals surface area contributed by atoms with Crippen LogP contribution in [0.2, 0.25) is 0 Å². The Morgan fingerprint density at radius 2 is 2.11 bits per heavy atom. The van der Waals surface area contributed by atoms with Gasteiger partial charge < -0.3 is 20.3 Å². The van der Waals surface area contributed by atoms with Gasteiger partial charge in [0.05, 0.1) is 17.6 Å². The Kier molecular flexibility index (Phi) is 5.02. The highest BCUT2D eigenvalue weighted by molar-refractivity contribution is 6.05. The van der Waals surface area contributed by atoms with Crippen molar-refractivity contribution in [2.45, 2.75) is 6.92 Å². The van der Waals surface area contributed by atoms with E-state index < -0.39 is 0 Å². The van der Waals surface area contributed by atoms with Gasteiger partial charge in [-0.15, -0.1) is 15.3 Å². The predicted molar refractivity (Wildman–Crippen MR) is 105 cm³/mol. The maximum absolute atomic E-state index is 12.6. The van der Waals surface area contributed by atoms with Crippen molar-refractivity contribution in [2.75, 3.05) is 43.0 Å². The third-order valence-corrected chi connectivity index (χ3v) is 4.51. The van der Waals surface area contributed by atoms with Crippen molar-refractivity contribution in [1.29, 1.82) is 0 Å². The number of nitrogens with zero attached hydrogens (tertiary/aromatic N) is 6. The van der Waals surface area contributed by atoms with Crippen LogP contribution in [0.15, 0.2) is 24.4 Å². The van der Waals surface area contributed by atoms with Crippen LogP contribution in [-0.2, 0) is 7.05 Å². The van der Waals surface area contributed by atoms with Crippen LogP contribution in [0.3, 0.4) is 0 Å². The normalized spacial score (nSPS) is 14.3. The molecule has 3 aromatic rings. The number of carbonyl (C=O) groups is 1. The lowest BCUT2D eigenvalue weighted by Crippen LogP contribution is -2.43. The lowest BCUT2D eigenvalue weighted by atomic mass is 10.2. The van der Waals surface area contributed by atoms with Gasteiger partial charge in [-0.05, 0) is 25.1 Å². The highest BCUT2D eigenvalue weighted by atomic mass is 16.5. The summed E-state index contributed by atoms with van der Waals surface area (Å²) in [6, 6.07) is 5.34. The molecule has 1 saturated heterocycles. The summed E-state index contributed by atoms with van der Waals surface area (Å²) in [6.07, 6.45) is 1.49. The number of aryl methyl sites for hydroxylation is 1. The van der Waals surface area contributed by atoms with Gasteiger partial charge in [-0.1, -0.05) is 0 Å². The molecule has 4 rings (SSSR count). The van der Waals surface area contributed by atoms with Gasteiger partial charge in [0.25, 0.3) is 5.91 Å². The van der Waals surface area contributed by atoms with E-state index in [1.54, 1.807) is 23.9 Å². The van der Waals surface area contributed by atoms with Crippen LogP contribution in [0, 0.1) is 0 Å². The molecule has 0 radical (unpaired) electrons. The molecule has 1 amide bonds. The fourth-order valence-electron chi connectivity index (χ4n) is 3.13. The Morgan fingerprint density at radius 1 is 1.29 bits per heavy atom. The molecule has 0 spiro atoms. The summed E-state index contributed by atoms with van der Waals surface area (Å²) in [5.41, 5.74) is 0.928. The average molecular weight is 382 g/mol. The Balaban J connectivity index is 1.50. The fraction of sp³-hybridized carbons (Fsp3) is 0.389. The van der Waals surface area contributed by atoms with E-state index in [0.29, 0.717) is 34.9 Å². The van der Waals surface area contributed by atoms with Crippen molar-refractivity contribution in [3.63, 3.8) is 0 Å². The third kappa shape index (κ3) is 3.58. The van der Waals surface area contributed by atoms with E-state index in [0.717, 1.165) is 32.0 Å². The minimum Gasteiger partial charge on any atom is -0.478 e. The van der Waals surface area contributed by atoms with Gasteiger partial charge in [0, 0.05) is 39.4 Å². The second kappa shape index (κ2) is 7.77. The van der Waals surface area contributed by atoms with E-state index in [-0.39, 0.29) is 5.91 Å². The number of pyridine rings is 1. The molecule has 3 aromatic heterocycles. The number of ether oxygens (including phenoxy) is 1. The molecule has 1 aliphatic rings. The van der Waals surface area contributed by atoms with Crippen LogP contribution in [0.25, 0.3) is 11.0 Å². The standard InChI is InChI=1S/C18H22N8O2/c1-3-28-18-13-10-12(11-20-16(13)24-25(18)2)17(27)21-14-4-5-15(23-22-14)26-8-6-19-7-9-26/h4-5,10-11,19H,3,6-9H2,1-2H3,(H,21,22,27). The van der Waals surface area contributed by atoms with E-state index in [1.807, 2.05) is 13.0 Å². The van der Waals surface area contributed by atoms with Crippen LogP contribution in [0.5, 0.6) is 5.88 Å². The zero-order valence-corrected chi connectivity index (χ0v) is 15.8. The van der Waals surface area contributed by atoms with E-state index in [1.165, 1.54) is 6.20 Å². The molecule has 146 valence electrons. The number of fused-ring (bicyclic) bond motifs is 1. The Labute approximate surface area is 161 Å². The predicted octanol–water partition coefficient (Wildman–Crippen LogP) is 0.819. The first-order valence-corrected chi connectivity index (χ1v) is 9.22. The van der Waals surface area contributed by atoms with Gasteiger partial charge in [0.2, 0.25) is 5.88 Å². The maximum Gasteiger partial charge on any atom is 0.258 e. The lowest BCUT2D eigenvalue weighted by Gasteiger charge is -2.27. The number of rotatable bonds is 5. The first-order chi connectivity index (χ1) is 13.7. The minimum atomic E-state index is -0.315. The van der Waals surface area contributed by atoms with Crippen LogP contribution in [0.1, 0.15) is 17.3 Å². The molecular formula is C18H22N8O2. The van der Waals surface area contributed by atoms with Crippen molar-refractivity contribution >= 4 is 28.6 Å². The number of carbonyl (C=O) groups excluding carboxylic acids is 1. The summed E-state index contributed by atoms with van der Waals surface area (Å²) in [5.74, 6) is 1.46. The first-order valence-electron chi connectivity index (χ1n) is 9.22. The number of hydrogen-bond donors (Lipinski definition) is 2. The van der Waals surface area contributed by atoms with E-state index in [2.05, 4.69) is 35.8 Å². The molecule has 0 bridgehead atoms. The summed E-state index contributed by atoms with van der Waals surface area (Å²) in [6.45, 7) is 6.02. The molecule has 4 heterocycles. The first kappa shape index (κ1) is 18.1. The molecule has 0 aliphatic carbocycles. The molecule has 1 aliphatic heterocycles. The van der Waals surface area contributed by atoms with Crippen LogP contribution in [-0.4, -0.2) is 63.7 Å². The SMILES string of the molecule is CCOc1c2cc(C(=O)Nc3ccc(N4CCNCC4)nn3)cnc2nn1C. The number of hydrogen-bond acceptors (Lipinski definition) is 8. The second-order valence-corrected chi connectivity index (χ2v) is 6.42. The highest BCUT2D eigenvalue weighted by Crippen LogP contribution is 2.24. The Hall–Kier alpha value is -3.27. The van der Waals surface area contributed by atoms with Crippen LogP contribution in [0.4, 0.5) is 11.6 Å². The number of aromatic nitrogens is 5. The van der Waals surface area contributed by atoms with Crippen molar-refractivity contribution < 1.29 is 9.53 Å². The van der Waals surface area contributed by atoms with Crippen molar-refractivity contribution in [3.8, 4) is 5.88 Å². The zero-order valence-electron chi connectivity index (χ0n) is 15.8.